The topological polar surface area (TPSA) is 21.3 Å². The Hall–Kier alpha value is -1.80. The van der Waals surface area contributed by atoms with Crippen LogP contribution >= 0.6 is 0 Å². The van der Waals surface area contributed by atoms with Gasteiger partial charge < -0.3 is 10.1 Å². The van der Waals surface area contributed by atoms with Gasteiger partial charge in [0.25, 0.3) is 0 Å². The quantitative estimate of drug-likeness (QED) is 0.772. The van der Waals surface area contributed by atoms with Gasteiger partial charge >= 0.3 is 0 Å². The molecule has 2 heteroatoms. The molecule has 0 spiro atoms. The summed E-state index contributed by atoms with van der Waals surface area (Å²) in [5.41, 5.74) is 2.97. The molecule has 1 N–H and O–H groups in total. The Morgan fingerprint density at radius 1 is 0.950 bits per heavy atom. The highest BCUT2D eigenvalue weighted by molar-refractivity contribution is 5.33. The number of ether oxygens (including phenoxy) is 1. The fraction of sp³-hybridized carbons (Fsp3) is 0.333. The number of hydrogen-bond acceptors (Lipinski definition) is 2. The summed E-state index contributed by atoms with van der Waals surface area (Å²) in [6.07, 6.45) is 2.71. The minimum Gasteiger partial charge on any atom is -0.492 e. The van der Waals surface area contributed by atoms with Crippen molar-refractivity contribution in [2.75, 3.05) is 13.2 Å². The van der Waals surface area contributed by atoms with Gasteiger partial charge in [0.2, 0.25) is 0 Å². The van der Waals surface area contributed by atoms with E-state index >= 15 is 0 Å². The number of nitrogens with one attached hydrogen (secondary N) is 1. The van der Waals surface area contributed by atoms with E-state index in [0.29, 0.717) is 6.61 Å². The van der Waals surface area contributed by atoms with Crippen LogP contribution in [0.15, 0.2) is 54.6 Å². The van der Waals surface area contributed by atoms with Gasteiger partial charge in [0.1, 0.15) is 12.4 Å². The third-order valence-corrected chi connectivity index (χ3v) is 3.68. The Bertz CT molecular complexity index is 534. The van der Waals surface area contributed by atoms with Crippen molar-refractivity contribution in [3.8, 4) is 5.75 Å². The third-order valence-electron chi connectivity index (χ3n) is 3.68. The van der Waals surface area contributed by atoms with Crippen LogP contribution in [-0.4, -0.2) is 13.2 Å². The van der Waals surface area contributed by atoms with E-state index in [0.717, 1.165) is 24.8 Å². The highest BCUT2D eigenvalue weighted by atomic mass is 16.5. The SMILES string of the molecule is c1ccc(OCCNCc2ccccc2C2CC2)cc1. The molecular formula is C18H21NO. The number of hydrogen-bond donors (Lipinski definition) is 1. The lowest BCUT2D eigenvalue weighted by molar-refractivity contribution is 0.313. The Labute approximate surface area is 120 Å². The van der Waals surface area contributed by atoms with Crippen molar-refractivity contribution in [1.29, 1.82) is 0 Å². The molecule has 0 heterocycles. The lowest BCUT2D eigenvalue weighted by Crippen LogP contribution is -2.21. The van der Waals surface area contributed by atoms with Crippen LogP contribution in [0.2, 0.25) is 0 Å². The van der Waals surface area contributed by atoms with E-state index in [2.05, 4.69) is 29.6 Å². The van der Waals surface area contributed by atoms with E-state index in [1.54, 1.807) is 0 Å². The molecule has 0 aliphatic heterocycles. The molecule has 0 atom stereocenters. The van der Waals surface area contributed by atoms with Gasteiger partial charge in [0, 0.05) is 13.1 Å². The molecule has 1 saturated carbocycles. The summed E-state index contributed by atoms with van der Waals surface area (Å²) in [6.45, 7) is 2.51. The molecule has 0 amide bonds. The minimum absolute atomic E-state index is 0.704. The van der Waals surface area contributed by atoms with E-state index in [4.69, 9.17) is 4.74 Å². The van der Waals surface area contributed by atoms with Crippen molar-refractivity contribution in [2.24, 2.45) is 0 Å². The van der Waals surface area contributed by atoms with Crippen molar-refractivity contribution < 1.29 is 4.74 Å². The Balaban J connectivity index is 1.42. The monoisotopic (exact) mass is 267 g/mol. The number of rotatable bonds is 7. The molecule has 104 valence electrons. The lowest BCUT2D eigenvalue weighted by Gasteiger charge is -2.10. The molecule has 2 nitrogen and oxygen atoms in total. The maximum atomic E-state index is 5.67. The summed E-state index contributed by atoms with van der Waals surface area (Å²) < 4.78 is 5.67. The maximum absolute atomic E-state index is 5.67. The van der Waals surface area contributed by atoms with Gasteiger partial charge in [0.15, 0.2) is 0 Å². The number of para-hydroxylation sites is 1. The van der Waals surface area contributed by atoms with Crippen molar-refractivity contribution in [3.63, 3.8) is 0 Å². The van der Waals surface area contributed by atoms with Crippen molar-refractivity contribution in [2.45, 2.75) is 25.3 Å². The summed E-state index contributed by atoms with van der Waals surface area (Å²) >= 11 is 0. The van der Waals surface area contributed by atoms with Crippen LogP contribution in [0.5, 0.6) is 5.75 Å². The molecule has 1 fully saturated rings. The zero-order chi connectivity index (χ0) is 13.6. The third kappa shape index (κ3) is 3.61. The molecule has 20 heavy (non-hydrogen) atoms. The van der Waals surface area contributed by atoms with E-state index < -0.39 is 0 Å². The van der Waals surface area contributed by atoms with Gasteiger partial charge in [-0.2, -0.15) is 0 Å². The molecule has 0 unspecified atom stereocenters. The smallest absolute Gasteiger partial charge is 0.119 e. The van der Waals surface area contributed by atoms with E-state index in [1.807, 2.05) is 30.3 Å². The molecule has 2 aromatic rings. The van der Waals surface area contributed by atoms with E-state index in [1.165, 1.54) is 24.0 Å². The zero-order valence-electron chi connectivity index (χ0n) is 11.7. The number of benzene rings is 2. The predicted molar refractivity (Wildman–Crippen MR) is 82.1 cm³/mol. The van der Waals surface area contributed by atoms with Crippen LogP contribution in [0.1, 0.15) is 29.9 Å². The first kappa shape index (κ1) is 13.2. The molecule has 1 aliphatic rings. The van der Waals surface area contributed by atoms with Gasteiger partial charge in [-0.15, -0.1) is 0 Å². The molecule has 2 aromatic carbocycles. The van der Waals surface area contributed by atoms with Crippen LogP contribution in [-0.2, 0) is 6.54 Å². The van der Waals surface area contributed by atoms with Crippen LogP contribution < -0.4 is 10.1 Å². The van der Waals surface area contributed by atoms with E-state index in [9.17, 15) is 0 Å². The maximum Gasteiger partial charge on any atom is 0.119 e. The molecular weight excluding hydrogens is 246 g/mol. The first-order chi connectivity index (χ1) is 9.93. The second-order valence-electron chi connectivity index (χ2n) is 5.31. The summed E-state index contributed by atoms with van der Waals surface area (Å²) in [5, 5.41) is 3.47. The highest BCUT2D eigenvalue weighted by Gasteiger charge is 2.25. The largest absolute Gasteiger partial charge is 0.492 e. The first-order valence-corrected chi connectivity index (χ1v) is 7.40. The Kier molecular flexibility index (Phi) is 4.34. The molecule has 3 rings (SSSR count). The zero-order valence-corrected chi connectivity index (χ0v) is 11.7. The van der Waals surface area contributed by atoms with Crippen molar-refractivity contribution in [1.82, 2.24) is 5.32 Å². The van der Waals surface area contributed by atoms with Gasteiger partial charge in [-0.3, -0.25) is 0 Å². The fourth-order valence-corrected chi connectivity index (χ4v) is 2.47. The fourth-order valence-electron chi connectivity index (χ4n) is 2.47. The van der Waals surface area contributed by atoms with Gasteiger partial charge in [-0.05, 0) is 42.0 Å². The average Bonchev–Trinajstić information content (AvgIpc) is 3.33. The summed E-state index contributed by atoms with van der Waals surface area (Å²) in [6, 6.07) is 18.8. The van der Waals surface area contributed by atoms with Crippen LogP contribution in [0, 0.1) is 0 Å². The first-order valence-electron chi connectivity index (χ1n) is 7.40. The summed E-state index contributed by atoms with van der Waals surface area (Å²) in [7, 11) is 0. The average molecular weight is 267 g/mol. The Morgan fingerprint density at radius 2 is 1.70 bits per heavy atom. The molecule has 0 aromatic heterocycles. The van der Waals surface area contributed by atoms with Crippen molar-refractivity contribution in [3.05, 3.63) is 65.7 Å². The highest BCUT2D eigenvalue weighted by Crippen LogP contribution is 2.41. The molecule has 0 bridgehead atoms. The second kappa shape index (κ2) is 6.58. The van der Waals surface area contributed by atoms with Crippen LogP contribution in [0.4, 0.5) is 0 Å². The van der Waals surface area contributed by atoms with Crippen molar-refractivity contribution >= 4 is 0 Å². The lowest BCUT2D eigenvalue weighted by atomic mass is 10.0. The molecule has 1 aliphatic carbocycles. The van der Waals surface area contributed by atoms with Crippen LogP contribution in [0.25, 0.3) is 0 Å². The van der Waals surface area contributed by atoms with E-state index in [-0.39, 0.29) is 0 Å². The van der Waals surface area contributed by atoms with Crippen LogP contribution in [0.3, 0.4) is 0 Å². The summed E-state index contributed by atoms with van der Waals surface area (Å²) in [5.74, 6) is 1.75. The summed E-state index contributed by atoms with van der Waals surface area (Å²) in [4.78, 5) is 0. The predicted octanol–water partition coefficient (Wildman–Crippen LogP) is 3.73. The molecule has 0 saturated heterocycles. The second-order valence-corrected chi connectivity index (χ2v) is 5.31. The van der Waals surface area contributed by atoms with Gasteiger partial charge in [0.05, 0.1) is 0 Å². The Morgan fingerprint density at radius 3 is 2.50 bits per heavy atom. The van der Waals surface area contributed by atoms with Gasteiger partial charge in [-0.25, -0.2) is 0 Å². The normalized spacial score (nSPS) is 14.2. The van der Waals surface area contributed by atoms with Gasteiger partial charge in [-0.1, -0.05) is 42.5 Å². The standard InChI is InChI=1S/C18H21NO/c1-2-7-17(8-3-1)20-13-12-19-14-16-6-4-5-9-18(16)15-10-11-15/h1-9,15,19H,10-14H2. The minimum atomic E-state index is 0.704. The molecule has 0 radical (unpaired) electrons.